The van der Waals surface area contributed by atoms with Crippen LogP contribution in [0.3, 0.4) is 0 Å². The number of carboxylic acid groups (broad SMARTS) is 1. The van der Waals surface area contributed by atoms with E-state index in [0.717, 1.165) is 16.8 Å². The third kappa shape index (κ3) is 12.0. The minimum absolute atomic E-state index is 0.250. The van der Waals surface area contributed by atoms with E-state index >= 15 is 0 Å². The summed E-state index contributed by atoms with van der Waals surface area (Å²) in [4.78, 5) is 84.6. The van der Waals surface area contributed by atoms with E-state index in [2.05, 4.69) is 26.2 Å². The van der Waals surface area contributed by atoms with Crippen LogP contribution < -0.4 is 26.2 Å². The topological polar surface area (TPSA) is 190 Å². The van der Waals surface area contributed by atoms with Crippen LogP contribution in [0.5, 0.6) is 0 Å². The Morgan fingerprint density at radius 2 is 1.06 bits per heavy atom. The summed E-state index contributed by atoms with van der Waals surface area (Å²) in [6, 6.07) is 21.5. The lowest BCUT2D eigenvalue weighted by atomic mass is 9.85. The fourth-order valence-electron chi connectivity index (χ4n) is 7.88. The summed E-state index contributed by atoms with van der Waals surface area (Å²) in [5, 5.41) is 20.5. The van der Waals surface area contributed by atoms with Gasteiger partial charge in [0, 0.05) is 39.6 Å². The molecule has 346 valence electrons. The van der Waals surface area contributed by atoms with Gasteiger partial charge in [0.25, 0.3) is 0 Å². The molecule has 0 spiro atoms. The zero-order valence-corrected chi connectivity index (χ0v) is 40.2. The van der Waals surface area contributed by atoms with Gasteiger partial charge in [-0.1, -0.05) is 84.0 Å². The Bertz CT molecular complexity index is 2170. The maximum Gasteiger partial charge on any atom is 0.407 e. The van der Waals surface area contributed by atoms with Crippen molar-refractivity contribution in [1.82, 2.24) is 20.4 Å². The predicted molar refractivity (Wildman–Crippen MR) is 254 cm³/mol. The number of anilines is 3. The average Bonchev–Trinajstić information content (AvgIpc) is 3.72. The molecule has 5 rings (SSSR count). The van der Waals surface area contributed by atoms with Crippen molar-refractivity contribution < 1.29 is 38.6 Å². The monoisotopic (exact) mass is 917 g/mol. The Hall–Kier alpha value is -5.42. The zero-order chi connectivity index (χ0) is 47.4. The fraction of sp³-hybridized carbons (Fsp3) is 0.489. The summed E-state index contributed by atoms with van der Waals surface area (Å²) in [6.45, 7) is 19.6. The van der Waals surface area contributed by atoms with Crippen LogP contribution in [-0.2, 0) is 37.0 Å². The molecule has 0 unspecified atom stereocenters. The summed E-state index contributed by atoms with van der Waals surface area (Å²) < 4.78 is 3.57. The second-order valence-corrected chi connectivity index (χ2v) is 22.6. The van der Waals surface area contributed by atoms with Gasteiger partial charge < -0.3 is 45.8 Å². The molecule has 0 saturated carbocycles. The Balaban J connectivity index is 1.27. The number of carbonyl (C=O) groups excluding carboxylic acids is 5. The van der Waals surface area contributed by atoms with E-state index in [1.165, 1.54) is 40.4 Å². The fourth-order valence-corrected chi connectivity index (χ4v) is 10.2. The molecule has 5 N–H and O–H groups in total. The van der Waals surface area contributed by atoms with Gasteiger partial charge in [0.05, 0.1) is 18.9 Å². The highest BCUT2D eigenvalue weighted by Gasteiger charge is 2.52. The van der Waals surface area contributed by atoms with E-state index in [0.29, 0.717) is 24.5 Å². The van der Waals surface area contributed by atoms with Crippen molar-refractivity contribution in [1.29, 1.82) is 0 Å². The molecule has 17 heteroatoms. The Labute approximate surface area is 385 Å². The van der Waals surface area contributed by atoms with Crippen LogP contribution >= 0.6 is 23.5 Å². The van der Waals surface area contributed by atoms with Gasteiger partial charge in [0.2, 0.25) is 23.6 Å². The lowest BCUT2D eigenvalue weighted by Gasteiger charge is -2.36. The molecule has 2 aliphatic heterocycles. The minimum Gasteiger partial charge on any atom is -0.465 e. The van der Waals surface area contributed by atoms with Crippen molar-refractivity contribution in [3.63, 3.8) is 0 Å². The van der Waals surface area contributed by atoms with Crippen molar-refractivity contribution in [2.45, 2.75) is 116 Å². The maximum atomic E-state index is 14.0. The number of nitrogens with one attached hydrogen (secondary N) is 4. The Morgan fingerprint density at radius 3 is 1.42 bits per heavy atom. The number of alkyl carbamates (subject to hydrolysis) is 1. The van der Waals surface area contributed by atoms with Crippen LogP contribution in [0.1, 0.15) is 80.4 Å². The third-order valence-electron chi connectivity index (χ3n) is 11.4. The summed E-state index contributed by atoms with van der Waals surface area (Å²) in [6.07, 6.45) is -2.03. The third-order valence-corrected chi connectivity index (χ3v) is 14.2. The normalized spacial score (nSPS) is 18.9. The van der Waals surface area contributed by atoms with Gasteiger partial charge in [0.15, 0.2) is 0 Å². The van der Waals surface area contributed by atoms with Crippen molar-refractivity contribution in [2.75, 3.05) is 34.4 Å². The van der Waals surface area contributed by atoms with Crippen LogP contribution in [0.15, 0.2) is 78.9 Å². The van der Waals surface area contributed by atoms with Crippen LogP contribution in [0, 0.1) is 10.8 Å². The number of benzene rings is 3. The van der Waals surface area contributed by atoms with E-state index in [-0.39, 0.29) is 29.5 Å². The molecule has 0 aliphatic carbocycles. The summed E-state index contributed by atoms with van der Waals surface area (Å²) in [5.41, 5.74) is 2.75. The molecule has 2 saturated heterocycles. The molecule has 3 aromatic rings. The number of carbonyl (C=O) groups is 6. The van der Waals surface area contributed by atoms with Crippen molar-refractivity contribution in [2.24, 2.45) is 10.8 Å². The summed E-state index contributed by atoms with van der Waals surface area (Å²) in [5.74, 6) is -0.952. The number of hydrogen-bond acceptors (Lipinski definition) is 10. The number of thioether (sulfide) groups is 2. The number of amides is 6. The van der Waals surface area contributed by atoms with Crippen molar-refractivity contribution >= 4 is 76.4 Å². The molecule has 64 heavy (non-hydrogen) atoms. The second kappa shape index (κ2) is 19.8. The molecule has 15 nitrogen and oxygen atoms in total. The van der Waals surface area contributed by atoms with Gasteiger partial charge in [-0.2, -0.15) is 0 Å². The number of para-hydroxylation sites is 1. The second-order valence-electron chi connectivity index (χ2n) is 19.4. The molecular formula is C47H63N7O8S2. The minimum atomic E-state index is -1.31. The molecule has 2 heterocycles. The van der Waals surface area contributed by atoms with Crippen LogP contribution in [0.25, 0.3) is 0 Å². The first kappa shape index (κ1) is 49.6. The molecule has 0 bridgehead atoms. The molecule has 2 aliphatic rings. The number of hydrogen-bond donors (Lipinski definition) is 5. The van der Waals surface area contributed by atoms with Gasteiger partial charge in [0.1, 0.15) is 24.2 Å². The van der Waals surface area contributed by atoms with E-state index in [4.69, 9.17) is 4.74 Å². The SMILES string of the molecule is COC(=O)N[C@H](C(=O)N1CSC(C)(C)[C@H]1C(=O)Nc1ccc(CN(Cc2ccc(NC(=O)[C@H]3N(C(=O)[C@@H](NC(=O)O)C(C)(C)C)CSC3(C)C)cc2)c2ccccc2)cc1)C(C)(C)C. The average molecular weight is 918 g/mol. The number of ether oxygens (including phenoxy) is 1. The van der Waals surface area contributed by atoms with E-state index < -0.39 is 62.6 Å². The van der Waals surface area contributed by atoms with E-state index in [1.54, 1.807) is 20.8 Å². The highest BCUT2D eigenvalue weighted by molar-refractivity contribution is 8.01. The van der Waals surface area contributed by atoms with Gasteiger partial charge in [-0.15, -0.1) is 23.5 Å². The van der Waals surface area contributed by atoms with Crippen LogP contribution in [0.4, 0.5) is 26.7 Å². The first-order chi connectivity index (χ1) is 29.8. The highest BCUT2D eigenvalue weighted by Crippen LogP contribution is 2.42. The number of methoxy groups -OCH3 is 1. The first-order valence-corrected chi connectivity index (χ1v) is 23.1. The highest BCUT2D eigenvalue weighted by atomic mass is 32.2. The number of nitrogens with zero attached hydrogens (tertiary/aromatic N) is 3. The van der Waals surface area contributed by atoms with Gasteiger partial charge in [-0.25, -0.2) is 9.59 Å². The molecule has 3 aromatic carbocycles. The smallest absolute Gasteiger partial charge is 0.407 e. The standard InChI is InChI=1S/C47H63N7O8S2/c1-44(2,3)34(50-42(59)60)40(57)53-27-63-46(7,8)36(53)38(55)48-31-21-17-29(18-22-31)25-52(33-15-13-12-14-16-33)26-30-19-23-32(24-20-30)49-39(56)37-47(9,10)64-28-54(37)41(58)35(45(4,5)6)51-43(61)62-11/h12-24,34-37,50H,25-28H2,1-11H3,(H,48,55)(H,49,56)(H,51,61)(H,59,60)/t34-,35-,36-,37-/m1/s1. The molecule has 0 aromatic heterocycles. The molecular weight excluding hydrogens is 855 g/mol. The van der Waals surface area contributed by atoms with Crippen LogP contribution in [0.2, 0.25) is 0 Å². The first-order valence-electron chi connectivity index (χ1n) is 21.1. The van der Waals surface area contributed by atoms with Gasteiger partial charge in [-0.3, -0.25) is 19.2 Å². The molecule has 0 radical (unpaired) electrons. The van der Waals surface area contributed by atoms with Crippen molar-refractivity contribution in [3.05, 3.63) is 90.0 Å². The van der Waals surface area contributed by atoms with Crippen LogP contribution in [-0.4, -0.2) is 103 Å². The summed E-state index contributed by atoms with van der Waals surface area (Å²) >= 11 is 2.97. The van der Waals surface area contributed by atoms with E-state index in [1.807, 2.05) is 127 Å². The zero-order valence-electron chi connectivity index (χ0n) is 38.6. The molecule has 2 fully saturated rings. The van der Waals surface area contributed by atoms with E-state index in [9.17, 15) is 33.9 Å². The van der Waals surface area contributed by atoms with Crippen molar-refractivity contribution in [3.8, 4) is 0 Å². The van der Waals surface area contributed by atoms with Gasteiger partial charge in [-0.05, 0) is 86.1 Å². The Kier molecular flexibility index (Phi) is 15.3. The molecule has 6 amide bonds. The number of rotatable bonds is 13. The Morgan fingerprint density at radius 1 is 0.672 bits per heavy atom. The molecule has 4 atom stereocenters. The predicted octanol–water partition coefficient (Wildman–Crippen LogP) is 7.58. The summed E-state index contributed by atoms with van der Waals surface area (Å²) in [7, 11) is 1.24. The van der Waals surface area contributed by atoms with Gasteiger partial charge >= 0.3 is 12.2 Å². The lowest BCUT2D eigenvalue weighted by molar-refractivity contribution is -0.141. The largest absolute Gasteiger partial charge is 0.465 e. The quantitative estimate of drug-likeness (QED) is 0.114. The maximum absolute atomic E-state index is 14.0. The lowest BCUT2D eigenvalue weighted by Crippen LogP contribution is -2.59.